The molecule has 0 N–H and O–H groups in total. The van der Waals surface area contributed by atoms with E-state index >= 15 is 4.39 Å². The number of rotatable bonds is 10. The Balaban J connectivity index is 1.40. The van der Waals surface area contributed by atoms with Crippen LogP contribution in [0.25, 0.3) is 0 Å². The van der Waals surface area contributed by atoms with Gasteiger partial charge in [0.2, 0.25) is 5.88 Å². The number of benzene rings is 2. The molecule has 6 rings (SSSR count). The molecule has 0 aliphatic carbocycles. The lowest BCUT2D eigenvalue weighted by molar-refractivity contribution is -0.168. The lowest BCUT2D eigenvalue weighted by Crippen LogP contribution is -2.53. The summed E-state index contributed by atoms with van der Waals surface area (Å²) in [4.78, 5) is 42.5. The van der Waals surface area contributed by atoms with Crippen molar-refractivity contribution in [3.63, 3.8) is 0 Å². The zero-order chi connectivity index (χ0) is 36.5. The number of methoxy groups -OCH3 is 2. The van der Waals surface area contributed by atoms with Gasteiger partial charge in [-0.1, -0.05) is 0 Å². The van der Waals surface area contributed by atoms with Gasteiger partial charge in [0.1, 0.15) is 16.4 Å². The zero-order valence-corrected chi connectivity index (χ0v) is 29.5. The first-order valence-corrected chi connectivity index (χ1v) is 17.9. The fourth-order valence-electron chi connectivity index (χ4n) is 6.77. The van der Waals surface area contributed by atoms with E-state index < -0.39 is 55.5 Å². The highest BCUT2D eigenvalue weighted by Gasteiger charge is 2.62. The Hall–Kier alpha value is -4.58. The molecule has 274 valence electrons. The standard InChI is InChI=1S/C34H39F2N5O9S/c1-5-48-31-24(7-6-12-37-31)34(49-33(43)50-40-17-15-39(16-18-40)22-10-13-38(2)14-11-22)25-20-26(35)27(36)21-28(25)41(32(34)42)51(44,45)30-9-8-23(46-3)19-29(30)47-4/h6-9,12,19-22H,5,10-11,13-18H2,1-4H3. The normalized spacial score (nSPS) is 20.6. The molecule has 1 atom stereocenters. The minimum atomic E-state index is -4.98. The Kier molecular flexibility index (Phi) is 10.3. The van der Waals surface area contributed by atoms with Crippen LogP contribution in [0.5, 0.6) is 17.4 Å². The molecule has 2 aromatic carbocycles. The molecule has 0 spiro atoms. The van der Waals surface area contributed by atoms with E-state index in [0.717, 1.165) is 32.0 Å². The van der Waals surface area contributed by atoms with Crippen molar-refractivity contribution >= 4 is 27.8 Å². The highest BCUT2D eigenvalue weighted by atomic mass is 32.2. The number of fused-ring (bicyclic) bond motifs is 1. The molecule has 1 aromatic heterocycles. The number of halogens is 2. The van der Waals surface area contributed by atoms with E-state index in [1.54, 1.807) is 6.92 Å². The molecular formula is C34H39F2N5O9S. The zero-order valence-electron chi connectivity index (χ0n) is 28.6. The van der Waals surface area contributed by atoms with Crippen LogP contribution in [0.15, 0.2) is 53.6 Å². The van der Waals surface area contributed by atoms with Gasteiger partial charge in [-0.25, -0.2) is 27.0 Å². The van der Waals surface area contributed by atoms with Gasteiger partial charge in [-0.3, -0.25) is 9.69 Å². The molecule has 2 fully saturated rings. The molecule has 3 aromatic rings. The van der Waals surface area contributed by atoms with Crippen LogP contribution in [0, 0.1) is 11.6 Å². The molecule has 1 amide bonds. The van der Waals surface area contributed by atoms with E-state index in [4.69, 9.17) is 23.8 Å². The SMILES string of the molecule is CCOc1ncccc1C1(OC(=O)ON2CCN(C3CCN(C)CC3)CC2)C(=O)N(S(=O)(=O)c2ccc(OC)cc2OC)c2cc(F)c(F)cc21. The van der Waals surface area contributed by atoms with E-state index in [0.29, 0.717) is 44.4 Å². The maximum atomic E-state index is 15.2. The van der Waals surface area contributed by atoms with Crippen LogP contribution in [0.4, 0.5) is 19.3 Å². The number of sulfonamides is 1. The molecule has 4 heterocycles. The molecule has 1 unspecified atom stereocenters. The Morgan fingerprint density at radius 3 is 2.33 bits per heavy atom. The first kappa shape index (κ1) is 36.2. The van der Waals surface area contributed by atoms with Crippen LogP contribution in [0.2, 0.25) is 0 Å². The van der Waals surface area contributed by atoms with Gasteiger partial charge in [0.05, 0.1) is 32.1 Å². The minimum absolute atomic E-state index is 0.0377. The molecule has 0 radical (unpaired) electrons. The van der Waals surface area contributed by atoms with Crippen molar-refractivity contribution in [3.05, 3.63) is 71.4 Å². The Labute approximate surface area is 294 Å². The Bertz CT molecular complexity index is 1900. The third kappa shape index (κ3) is 6.66. The Morgan fingerprint density at radius 2 is 1.67 bits per heavy atom. The van der Waals surface area contributed by atoms with Gasteiger partial charge in [-0.05, 0) is 70.2 Å². The van der Waals surface area contributed by atoms with E-state index in [9.17, 15) is 22.4 Å². The number of carbonyl (C=O) groups is 2. The third-order valence-electron chi connectivity index (χ3n) is 9.36. The number of carbonyl (C=O) groups excluding carboxylic acids is 2. The molecule has 17 heteroatoms. The number of anilines is 1. The highest BCUT2D eigenvalue weighted by Crippen LogP contribution is 2.52. The van der Waals surface area contributed by atoms with Crippen LogP contribution in [0.3, 0.4) is 0 Å². The first-order chi connectivity index (χ1) is 24.4. The highest BCUT2D eigenvalue weighted by molar-refractivity contribution is 7.93. The van der Waals surface area contributed by atoms with Gasteiger partial charge < -0.3 is 28.7 Å². The van der Waals surface area contributed by atoms with Gasteiger partial charge in [0.15, 0.2) is 11.6 Å². The number of aromatic nitrogens is 1. The molecule has 14 nitrogen and oxygen atoms in total. The molecule has 0 bridgehead atoms. The van der Waals surface area contributed by atoms with Crippen molar-refractivity contribution in [1.29, 1.82) is 0 Å². The monoisotopic (exact) mass is 731 g/mol. The molecule has 51 heavy (non-hydrogen) atoms. The fourth-order valence-corrected chi connectivity index (χ4v) is 8.36. The number of nitrogens with zero attached hydrogens (tertiary/aromatic N) is 5. The fraction of sp³-hybridized carbons (Fsp3) is 0.441. The van der Waals surface area contributed by atoms with Gasteiger partial charge in [-0.2, -0.15) is 4.31 Å². The summed E-state index contributed by atoms with van der Waals surface area (Å²) in [6.07, 6.45) is 2.00. The first-order valence-electron chi connectivity index (χ1n) is 16.4. The number of amides is 1. The number of pyridine rings is 1. The summed E-state index contributed by atoms with van der Waals surface area (Å²) in [6.45, 7) is 5.52. The maximum absolute atomic E-state index is 15.2. The second kappa shape index (κ2) is 14.6. The van der Waals surface area contributed by atoms with E-state index in [-0.39, 0.29) is 33.9 Å². The lowest BCUT2D eigenvalue weighted by Gasteiger charge is -2.41. The number of piperazine rings is 1. The second-order valence-corrected chi connectivity index (χ2v) is 14.0. The topological polar surface area (TPSA) is 140 Å². The van der Waals surface area contributed by atoms with Crippen molar-refractivity contribution in [1.82, 2.24) is 19.8 Å². The van der Waals surface area contributed by atoms with Gasteiger partial charge in [0.25, 0.3) is 21.5 Å². The molecule has 2 saturated heterocycles. The van der Waals surface area contributed by atoms with E-state index in [1.807, 2.05) is 0 Å². The molecule has 3 aliphatic heterocycles. The van der Waals surface area contributed by atoms with Crippen LogP contribution in [-0.2, 0) is 30.0 Å². The summed E-state index contributed by atoms with van der Waals surface area (Å²) in [7, 11) is -0.317. The van der Waals surface area contributed by atoms with Crippen molar-refractivity contribution in [2.24, 2.45) is 0 Å². The molecule has 0 saturated carbocycles. The quantitative estimate of drug-likeness (QED) is 0.281. The smallest absolute Gasteiger partial charge is 0.497 e. The molecule has 3 aliphatic rings. The van der Waals surface area contributed by atoms with Gasteiger partial charge in [-0.15, -0.1) is 5.06 Å². The van der Waals surface area contributed by atoms with Crippen molar-refractivity contribution < 1.29 is 50.6 Å². The van der Waals surface area contributed by atoms with E-state index in [1.165, 1.54) is 49.7 Å². The number of hydrogen-bond donors (Lipinski definition) is 0. The number of hydrogen-bond acceptors (Lipinski definition) is 13. The van der Waals surface area contributed by atoms with Crippen molar-refractivity contribution in [2.45, 2.75) is 36.3 Å². The Morgan fingerprint density at radius 1 is 0.961 bits per heavy atom. The second-order valence-electron chi connectivity index (χ2n) is 12.3. The number of likely N-dealkylation sites (tertiary alicyclic amines) is 1. The van der Waals surface area contributed by atoms with Crippen LogP contribution >= 0.6 is 0 Å². The summed E-state index contributed by atoms with van der Waals surface area (Å²) in [5.41, 5.74) is -4.11. The third-order valence-corrected chi connectivity index (χ3v) is 11.1. The predicted octanol–water partition coefficient (Wildman–Crippen LogP) is 3.53. The summed E-state index contributed by atoms with van der Waals surface area (Å²) in [5.74, 6) is -4.48. The van der Waals surface area contributed by atoms with Crippen molar-refractivity contribution in [3.8, 4) is 17.4 Å². The summed E-state index contributed by atoms with van der Waals surface area (Å²) in [5, 5.41) is 1.39. The number of piperidine rings is 1. The summed E-state index contributed by atoms with van der Waals surface area (Å²) < 4.78 is 81.3. The average molecular weight is 732 g/mol. The van der Waals surface area contributed by atoms with E-state index in [2.05, 4.69) is 21.8 Å². The molecular weight excluding hydrogens is 692 g/mol. The average Bonchev–Trinajstić information content (AvgIpc) is 3.35. The van der Waals surface area contributed by atoms with Crippen LogP contribution in [-0.4, -0.2) is 114 Å². The predicted molar refractivity (Wildman–Crippen MR) is 178 cm³/mol. The number of ether oxygens (including phenoxy) is 4. The number of hydroxylamine groups is 2. The van der Waals surface area contributed by atoms with Gasteiger partial charge in [0, 0.05) is 56.1 Å². The van der Waals surface area contributed by atoms with Crippen LogP contribution < -0.4 is 18.5 Å². The largest absolute Gasteiger partial charge is 0.529 e. The van der Waals surface area contributed by atoms with Crippen molar-refractivity contribution in [2.75, 3.05) is 71.4 Å². The van der Waals surface area contributed by atoms with Gasteiger partial charge >= 0.3 is 6.16 Å². The van der Waals surface area contributed by atoms with Crippen LogP contribution in [0.1, 0.15) is 30.9 Å². The lowest BCUT2D eigenvalue weighted by atomic mass is 9.87. The minimum Gasteiger partial charge on any atom is -0.497 e. The summed E-state index contributed by atoms with van der Waals surface area (Å²) >= 11 is 0. The maximum Gasteiger partial charge on any atom is 0.529 e. The summed E-state index contributed by atoms with van der Waals surface area (Å²) in [6, 6.07) is 8.01.